The summed E-state index contributed by atoms with van der Waals surface area (Å²) in [4.78, 5) is 23.4. The molecule has 1 atom stereocenters. The van der Waals surface area contributed by atoms with E-state index in [1.807, 2.05) is 25.7 Å². The summed E-state index contributed by atoms with van der Waals surface area (Å²) in [5.41, 5.74) is 1.05. The molecular formula is C21H26F2N6O2. The van der Waals surface area contributed by atoms with Crippen LogP contribution in [-0.4, -0.2) is 48.8 Å². The SMILES string of the molecule is Cc1nc(C)n(C(C)CC(=O)N2CCC(c3cc(C(F)F)c4c(C)noc4n3)CC2)n1. The first-order chi connectivity index (χ1) is 14.7. The number of halogens is 2. The smallest absolute Gasteiger partial charge is 0.264 e. The van der Waals surface area contributed by atoms with Gasteiger partial charge in [-0.3, -0.25) is 4.79 Å². The Balaban J connectivity index is 1.43. The molecule has 3 aromatic heterocycles. The summed E-state index contributed by atoms with van der Waals surface area (Å²) in [6.07, 6.45) is -0.966. The van der Waals surface area contributed by atoms with Gasteiger partial charge in [0.05, 0.1) is 17.1 Å². The van der Waals surface area contributed by atoms with E-state index >= 15 is 0 Å². The van der Waals surface area contributed by atoms with Gasteiger partial charge in [-0.15, -0.1) is 0 Å². The monoisotopic (exact) mass is 432 g/mol. The molecular weight excluding hydrogens is 406 g/mol. The van der Waals surface area contributed by atoms with Crippen LogP contribution in [0.2, 0.25) is 0 Å². The molecule has 0 aliphatic carbocycles. The van der Waals surface area contributed by atoms with Crippen molar-refractivity contribution in [2.45, 2.75) is 65.3 Å². The first kappa shape index (κ1) is 21.3. The highest BCUT2D eigenvalue weighted by molar-refractivity contribution is 5.80. The van der Waals surface area contributed by atoms with Crippen molar-refractivity contribution < 1.29 is 18.1 Å². The lowest BCUT2D eigenvalue weighted by Gasteiger charge is -2.32. The number of hydrogen-bond donors (Lipinski definition) is 0. The molecule has 8 nitrogen and oxygen atoms in total. The van der Waals surface area contributed by atoms with Crippen LogP contribution in [0.25, 0.3) is 11.1 Å². The van der Waals surface area contributed by atoms with Crippen LogP contribution in [0.3, 0.4) is 0 Å². The van der Waals surface area contributed by atoms with E-state index in [0.29, 0.717) is 55.0 Å². The maximum atomic E-state index is 13.6. The van der Waals surface area contributed by atoms with Crippen molar-refractivity contribution in [2.24, 2.45) is 0 Å². The Morgan fingerprint density at radius 3 is 2.55 bits per heavy atom. The number of aryl methyl sites for hydroxylation is 3. The minimum atomic E-state index is -2.63. The molecule has 4 rings (SSSR count). The van der Waals surface area contributed by atoms with Gasteiger partial charge in [-0.1, -0.05) is 5.16 Å². The molecule has 0 radical (unpaired) electrons. The highest BCUT2D eigenvalue weighted by atomic mass is 19.3. The van der Waals surface area contributed by atoms with Crippen LogP contribution in [0, 0.1) is 20.8 Å². The highest BCUT2D eigenvalue weighted by Crippen LogP contribution is 2.35. The number of aromatic nitrogens is 5. The third-order valence-corrected chi connectivity index (χ3v) is 5.96. The van der Waals surface area contributed by atoms with Crippen LogP contribution in [0.15, 0.2) is 10.6 Å². The largest absolute Gasteiger partial charge is 0.343 e. The molecule has 10 heteroatoms. The average molecular weight is 432 g/mol. The second kappa shape index (κ2) is 8.32. The number of piperidine rings is 1. The zero-order chi connectivity index (χ0) is 22.3. The number of nitrogens with zero attached hydrogens (tertiary/aromatic N) is 6. The number of hydrogen-bond acceptors (Lipinski definition) is 6. The van der Waals surface area contributed by atoms with E-state index in [4.69, 9.17) is 4.52 Å². The predicted molar refractivity (Wildman–Crippen MR) is 109 cm³/mol. The zero-order valence-electron chi connectivity index (χ0n) is 18.1. The molecule has 1 aliphatic heterocycles. The maximum absolute atomic E-state index is 13.6. The van der Waals surface area contributed by atoms with Crippen LogP contribution in [0.4, 0.5) is 8.78 Å². The molecule has 0 saturated carbocycles. The molecule has 1 unspecified atom stereocenters. The van der Waals surface area contributed by atoms with Crippen molar-refractivity contribution in [2.75, 3.05) is 13.1 Å². The molecule has 31 heavy (non-hydrogen) atoms. The Labute approximate surface area is 178 Å². The number of likely N-dealkylation sites (tertiary alicyclic amines) is 1. The van der Waals surface area contributed by atoms with Crippen molar-refractivity contribution in [3.63, 3.8) is 0 Å². The van der Waals surface area contributed by atoms with Crippen molar-refractivity contribution >= 4 is 17.0 Å². The molecule has 0 bridgehead atoms. The lowest BCUT2D eigenvalue weighted by Crippen LogP contribution is -2.39. The van der Waals surface area contributed by atoms with Gasteiger partial charge in [0.1, 0.15) is 11.6 Å². The normalized spacial score (nSPS) is 16.4. The Hall–Kier alpha value is -2.91. The Kier molecular flexibility index (Phi) is 5.72. The lowest BCUT2D eigenvalue weighted by molar-refractivity contribution is -0.133. The average Bonchev–Trinajstić information content (AvgIpc) is 3.28. The standard InChI is InChI=1S/C21H26F2N6O2/c1-11(29-14(4)24-13(3)26-29)9-18(30)28-7-5-15(6-8-28)17-10-16(20(22)23)19-12(2)27-31-21(19)25-17/h10-11,15,20H,5-9H2,1-4H3. The molecule has 3 aromatic rings. The van der Waals surface area contributed by atoms with E-state index in [1.165, 1.54) is 6.07 Å². The fourth-order valence-electron chi connectivity index (χ4n) is 4.38. The summed E-state index contributed by atoms with van der Waals surface area (Å²) in [6, 6.07) is 1.39. The zero-order valence-corrected chi connectivity index (χ0v) is 18.1. The first-order valence-electron chi connectivity index (χ1n) is 10.5. The Morgan fingerprint density at radius 1 is 1.23 bits per heavy atom. The first-order valence-corrected chi connectivity index (χ1v) is 10.5. The second-order valence-electron chi connectivity index (χ2n) is 8.24. The summed E-state index contributed by atoms with van der Waals surface area (Å²) in [5, 5.41) is 8.44. The van der Waals surface area contributed by atoms with Crippen molar-refractivity contribution in [1.82, 2.24) is 29.8 Å². The maximum Gasteiger partial charge on any atom is 0.264 e. The number of fused-ring (bicyclic) bond motifs is 1. The van der Waals surface area contributed by atoms with E-state index in [0.717, 1.165) is 5.82 Å². The summed E-state index contributed by atoms with van der Waals surface area (Å²) in [7, 11) is 0. The van der Waals surface area contributed by atoms with E-state index in [2.05, 4.69) is 20.2 Å². The van der Waals surface area contributed by atoms with Gasteiger partial charge in [-0.25, -0.2) is 23.4 Å². The number of rotatable bonds is 5. The van der Waals surface area contributed by atoms with Crippen LogP contribution in [-0.2, 0) is 4.79 Å². The van der Waals surface area contributed by atoms with E-state index in [-0.39, 0.29) is 29.1 Å². The minimum absolute atomic E-state index is 0.00557. The van der Waals surface area contributed by atoms with Crippen LogP contribution in [0.5, 0.6) is 0 Å². The van der Waals surface area contributed by atoms with Crippen molar-refractivity contribution in [1.29, 1.82) is 0 Å². The number of pyridine rings is 1. The molecule has 1 saturated heterocycles. The van der Waals surface area contributed by atoms with Crippen LogP contribution >= 0.6 is 0 Å². The van der Waals surface area contributed by atoms with Gasteiger partial charge in [0.2, 0.25) is 5.91 Å². The van der Waals surface area contributed by atoms with Crippen molar-refractivity contribution in [3.05, 3.63) is 34.7 Å². The summed E-state index contributed by atoms with van der Waals surface area (Å²) in [6.45, 7) is 8.41. The van der Waals surface area contributed by atoms with E-state index in [1.54, 1.807) is 11.6 Å². The fourth-order valence-corrected chi connectivity index (χ4v) is 4.38. The number of amides is 1. The van der Waals surface area contributed by atoms with E-state index < -0.39 is 6.43 Å². The summed E-state index contributed by atoms with van der Waals surface area (Å²) in [5.74, 6) is 1.53. The van der Waals surface area contributed by atoms with Gasteiger partial charge in [-0.05, 0) is 46.6 Å². The predicted octanol–water partition coefficient (Wildman–Crippen LogP) is 4.03. The van der Waals surface area contributed by atoms with Gasteiger partial charge >= 0.3 is 0 Å². The molecule has 1 aliphatic rings. The molecule has 0 N–H and O–H groups in total. The molecule has 0 spiro atoms. The third kappa shape index (κ3) is 4.15. The molecule has 1 fully saturated rings. The Morgan fingerprint density at radius 2 is 1.94 bits per heavy atom. The summed E-state index contributed by atoms with van der Waals surface area (Å²) < 4.78 is 34.1. The molecule has 1 amide bonds. The highest BCUT2D eigenvalue weighted by Gasteiger charge is 2.28. The Bertz CT molecular complexity index is 1100. The summed E-state index contributed by atoms with van der Waals surface area (Å²) >= 11 is 0. The van der Waals surface area contributed by atoms with Crippen molar-refractivity contribution in [3.8, 4) is 0 Å². The fraction of sp³-hybridized carbons (Fsp3) is 0.571. The molecule has 166 valence electrons. The molecule has 4 heterocycles. The van der Waals surface area contributed by atoms with Gasteiger partial charge < -0.3 is 9.42 Å². The minimum Gasteiger partial charge on any atom is -0.343 e. The van der Waals surface area contributed by atoms with Gasteiger partial charge in [-0.2, -0.15) is 5.10 Å². The van der Waals surface area contributed by atoms with Gasteiger partial charge in [0, 0.05) is 36.7 Å². The topological polar surface area (TPSA) is 89.9 Å². The van der Waals surface area contributed by atoms with Gasteiger partial charge in [0.15, 0.2) is 0 Å². The van der Waals surface area contributed by atoms with Crippen LogP contribution in [0.1, 0.15) is 73.2 Å². The third-order valence-electron chi connectivity index (χ3n) is 5.96. The van der Waals surface area contributed by atoms with Gasteiger partial charge in [0.25, 0.3) is 12.1 Å². The number of carbonyl (C=O) groups is 1. The number of alkyl halides is 2. The van der Waals surface area contributed by atoms with E-state index in [9.17, 15) is 13.6 Å². The second-order valence-corrected chi connectivity index (χ2v) is 8.24. The molecule has 0 aromatic carbocycles. The number of carbonyl (C=O) groups excluding carboxylic acids is 1. The van der Waals surface area contributed by atoms with Crippen LogP contribution < -0.4 is 0 Å². The lowest BCUT2D eigenvalue weighted by atomic mass is 9.91. The quantitative estimate of drug-likeness (QED) is 0.605.